The van der Waals surface area contributed by atoms with Crippen molar-refractivity contribution in [3.63, 3.8) is 0 Å². The summed E-state index contributed by atoms with van der Waals surface area (Å²) in [5.41, 5.74) is 1.33. The number of benzene rings is 1. The molecule has 0 heterocycles. The van der Waals surface area contributed by atoms with Crippen LogP contribution < -0.4 is 0 Å². The molecule has 0 N–H and O–H groups in total. The van der Waals surface area contributed by atoms with Crippen LogP contribution in [0.1, 0.15) is 29.8 Å². The smallest absolute Gasteiger partial charge is 0.233 e. The van der Waals surface area contributed by atoms with Crippen molar-refractivity contribution in [2.45, 2.75) is 13.8 Å². The predicted octanol–water partition coefficient (Wildman–Crippen LogP) is 2.49. The van der Waals surface area contributed by atoms with E-state index in [0.29, 0.717) is 5.56 Å². The van der Waals surface area contributed by atoms with Gasteiger partial charge in [0.25, 0.3) is 0 Å². The van der Waals surface area contributed by atoms with Crippen LogP contribution in [-0.2, 0) is 4.79 Å². The summed E-state index contributed by atoms with van der Waals surface area (Å²) in [5.74, 6) is -0.846. The van der Waals surface area contributed by atoms with Gasteiger partial charge in [-0.1, -0.05) is 44.2 Å². The lowest BCUT2D eigenvalue weighted by molar-refractivity contribution is -0.110. The van der Waals surface area contributed by atoms with E-state index >= 15 is 0 Å². The largest absolute Gasteiger partial charge is 0.286 e. The van der Waals surface area contributed by atoms with Crippen LogP contribution >= 0.6 is 0 Å². The molecule has 72 valence electrons. The first-order valence-electron chi connectivity index (χ1n) is 4.65. The molecule has 2 nitrogen and oxygen atoms in total. The van der Waals surface area contributed by atoms with Crippen molar-refractivity contribution in [2.75, 3.05) is 0 Å². The highest BCUT2D eigenvalue weighted by molar-refractivity contribution is 6.49. The van der Waals surface area contributed by atoms with Gasteiger partial charge in [0, 0.05) is 5.56 Å². The zero-order valence-corrected chi connectivity index (χ0v) is 8.28. The van der Waals surface area contributed by atoms with E-state index in [2.05, 4.69) is 0 Å². The highest BCUT2D eigenvalue weighted by atomic mass is 16.2. The van der Waals surface area contributed by atoms with Gasteiger partial charge in [0.1, 0.15) is 0 Å². The maximum Gasteiger partial charge on any atom is 0.233 e. The summed E-state index contributed by atoms with van der Waals surface area (Å²) in [7, 11) is 0. The fourth-order valence-corrected chi connectivity index (χ4v) is 1.22. The van der Waals surface area contributed by atoms with Gasteiger partial charge in [0.2, 0.25) is 11.6 Å². The summed E-state index contributed by atoms with van der Waals surface area (Å²) in [6.07, 6.45) is 2.98. The average Bonchev–Trinajstić information content (AvgIpc) is 2.27. The van der Waals surface area contributed by atoms with Gasteiger partial charge in [0.05, 0.1) is 0 Å². The standard InChI is InChI=1S/C10H6O2.C2H6/c11-9-6-5-7-3-1-2-4-8(7)10(9)12;1-2/h1-6H;1-2H3. The summed E-state index contributed by atoms with van der Waals surface area (Å²) < 4.78 is 0. The number of ketones is 2. The SMILES string of the molecule is CC.O=C1C=Cc2ccccc2C1=O. The Bertz CT molecular complexity index is 389. The Labute approximate surface area is 83.3 Å². The van der Waals surface area contributed by atoms with E-state index in [-0.39, 0.29) is 0 Å². The van der Waals surface area contributed by atoms with Gasteiger partial charge < -0.3 is 0 Å². The Balaban J connectivity index is 0.000000461. The van der Waals surface area contributed by atoms with Gasteiger partial charge in [-0.3, -0.25) is 9.59 Å². The fraction of sp³-hybridized carbons (Fsp3) is 0.167. The lowest BCUT2D eigenvalue weighted by atomic mass is 9.96. The van der Waals surface area contributed by atoms with Crippen molar-refractivity contribution >= 4 is 17.6 Å². The number of carbonyl (C=O) groups excluding carboxylic acids is 2. The van der Waals surface area contributed by atoms with Crippen molar-refractivity contribution in [2.24, 2.45) is 0 Å². The number of allylic oxidation sites excluding steroid dienone is 1. The molecule has 0 saturated heterocycles. The predicted molar refractivity (Wildman–Crippen MR) is 56.2 cm³/mol. The summed E-state index contributed by atoms with van der Waals surface area (Å²) >= 11 is 0. The number of hydrogen-bond donors (Lipinski definition) is 0. The molecule has 0 amide bonds. The monoisotopic (exact) mass is 188 g/mol. The molecule has 0 saturated carbocycles. The van der Waals surface area contributed by atoms with Gasteiger partial charge in [-0.2, -0.15) is 0 Å². The molecule has 0 atom stereocenters. The van der Waals surface area contributed by atoms with Crippen molar-refractivity contribution < 1.29 is 9.59 Å². The van der Waals surface area contributed by atoms with Crippen LogP contribution in [0.15, 0.2) is 30.3 Å². The molecule has 2 rings (SSSR count). The van der Waals surface area contributed by atoms with Crippen molar-refractivity contribution in [3.8, 4) is 0 Å². The van der Waals surface area contributed by atoms with Crippen LogP contribution in [-0.4, -0.2) is 11.6 Å². The number of Topliss-reactive ketones (excluding diaryl/α,β-unsaturated/α-hetero) is 1. The van der Waals surface area contributed by atoms with E-state index in [1.165, 1.54) is 6.08 Å². The quantitative estimate of drug-likeness (QED) is 0.586. The molecule has 0 radical (unpaired) electrons. The molecular weight excluding hydrogens is 176 g/mol. The third kappa shape index (κ3) is 1.79. The number of carbonyl (C=O) groups is 2. The Hall–Kier alpha value is -1.70. The minimum Gasteiger partial charge on any atom is -0.286 e. The van der Waals surface area contributed by atoms with Crippen LogP contribution in [0.3, 0.4) is 0 Å². The van der Waals surface area contributed by atoms with Gasteiger partial charge in [-0.15, -0.1) is 0 Å². The Morgan fingerprint density at radius 3 is 2.29 bits per heavy atom. The number of hydrogen-bond acceptors (Lipinski definition) is 2. The first-order chi connectivity index (χ1) is 6.79. The molecule has 0 bridgehead atoms. The van der Waals surface area contributed by atoms with Crippen LogP contribution in [0.5, 0.6) is 0 Å². The topological polar surface area (TPSA) is 34.1 Å². The molecule has 0 fully saturated rings. The maximum atomic E-state index is 11.2. The second-order valence-electron chi connectivity index (χ2n) is 2.61. The van der Waals surface area contributed by atoms with E-state index in [1.807, 2.05) is 26.0 Å². The zero-order valence-electron chi connectivity index (χ0n) is 8.28. The number of fused-ring (bicyclic) bond motifs is 1. The highest BCUT2D eigenvalue weighted by Gasteiger charge is 2.19. The fourth-order valence-electron chi connectivity index (χ4n) is 1.22. The molecule has 1 aromatic rings. The molecule has 0 unspecified atom stereocenters. The van der Waals surface area contributed by atoms with Crippen molar-refractivity contribution in [1.29, 1.82) is 0 Å². The Morgan fingerprint density at radius 2 is 1.57 bits per heavy atom. The van der Waals surface area contributed by atoms with E-state index < -0.39 is 11.6 Å². The molecule has 0 spiro atoms. The van der Waals surface area contributed by atoms with Crippen LogP contribution in [0, 0.1) is 0 Å². The number of rotatable bonds is 0. The first kappa shape index (κ1) is 10.4. The van der Waals surface area contributed by atoms with E-state index in [0.717, 1.165) is 5.56 Å². The third-order valence-electron chi connectivity index (χ3n) is 1.84. The minimum absolute atomic E-state index is 0.409. The summed E-state index contributed by atoms with van der Waals surface area (Å²) in [5, 5.41) is 0. The summed E-state index contributed by atoms with van der Waals surface area (Å²) in [4.78, 5) is 22.1. The Kier molecular flexibility index (Phi) is 3.35. The van der Waals surface area contributed by atoms with Crippen molar-refractivity contribution in [3.05, 3.63) is 41.5 Å². The molecule has 1 aliphatic carbocycles. The minimum atomic E-state index is -0.436. The zero-order chi connectivity index (χ0) is 10.6. The van der Waals surface area contributed by atoms with Crippen LogP contribution in [0.4, 0.5) is 0 Å². The molecule has 2 heteroatoms. The van der Waals surface area contributed by atoms with Crippen molar-refractivity contribution in [1.82, 2.24) is 0 Å². The maximum absolute atomic E-state index is 11.2. The Morgan fingerprint density at radius 1 is 0.929 bits per heavy atom. The molecule has 1 aliphatic rings. The summed E-state index contributed by atoms with van der Waals surface area (Å²) in [6, 6.07) is 7.07. The molecule has 14 heavy (non-hydrogen) atoms. The van der Waals surface area contributed by atoms with Gasteiger partial charge in [-0.05, 0) is 11.6 Å². The van der Waals surface area contributed by atoms with Crippen LogP contribution in [0.2, 0.25) is 0 Å². The summed E-state index contributed by atoms with van der Waals surface area (Å²) in [6.45, 7) is 4.00. The molecule has 1 aromatic carbocycles. The van der Waals surface area contributed by atoms with Gasteiger partial charge in [-0.25, -0.2) is 0 Å². The lowest BCUT2D eigenvalue weighted by Gasteiger charge is -2.06. The lowest BCUT2D eigenvalue weighted by Crippen LogP contribution is -2.15. The second-order valence-corrected chi connectivity index (χ2v) is 2.61. The van der Waals surface area contributed by atoms with E-state index in [4.69, 9.17) is 0 Å². The van der Waals surface area contributed by atoms with E-state index in [9.17, 15) is 9.59 Å². The molecular formula is C12H12O2. The normalized spacial score (nSPS) is 13.0. The second kappa shape index (κ2) is 4.51. The van der Waals surface area contributed by atoms with Gasteiger partial charge in [0.15, 0.2) is 0 Å². The third-order valence-corrected chi connectivity index (χ3v) is 1.84. The molecule has 0 aromatic heterocycles. The highest BCUT2D eigenvalue weighted by Crippen LogP contribution is 2.16. The average molecular weight is 188 g/mol. The van der Waals surface area contributed by atoms with Crippen LogP contribution in [0.25, 0.3) is 6.08 Å². The molecule has 0 aliphatic heterocycles. The van der Waals surface area contributed by atoms with E-state index in [1.54, 1.807) is 18.2 Å². The first-order valence-corrected chi connectivity index (χ1v) is 4.65. The van der Waals surface area contributed by atoms with Gasteiger partial charge >= 0.3 is 0 Å².